The number of carbonyl (C=O) groups is 2. The number of hydrogen-bond acceptors (Lipinski definition) is 3. The first-order valence-corrected chi connectivity index (χ1v) is 4.58. The van der Waals surface area contributed by atoms with Gasteiger partial charge in [-0.1, -0.05) is 0 Å². The molecule has 0 radical (unpaired) electrons. The predicted octanol–water partition coefficient (Wildman–Crippen LogP) is 0.751. The van der Waals surface area contributed by atoms with Gasteiger partial charge in [0.25, 0.3) is 5.91 Å². The number of nitrogens with zero attached hydrogens (tertiary/aromatic N) is 1. The molecule has 3 amide bonds. The molecule has 0 saturated carbocycles. The van der Waals surface area contributed by atoms with Gasteiger partial charge in [-0.2, -0.15) is 0 Å². The molecule has 0 saturated heterocycles. The number of urea groups is 1. The van der Waals surface area contributed by atoms with Crippen LogP contribution in [-0.2, 0) is 4.79 Å². The topological polar surface area (TPSA) is 78.8 Å². The number of nitrogens with one attached hydrogen (secondary N) is 1. The number of aliphatic hydroxyl groups is 1. The maximum Gasteiger partial charge on any atom is 0.347 e. The summed E-state index contributed by atoms with van der Waals surface area (Å²) in [6, 6.07) is 0.368. The van der Waals surface area contributed by atoms with Gasteiger partial charge in [-0.3, -0.25) is 10.1 Å². The van der Waals surface area contributed by atoms with Crippen LogP contribution in [0.5, 0.6) is 0 Å². The van der Waals surface area contributed by atoms with E-state index in [0.717, 1.165) is 6.07 Å². The van der Waals surface area contributed by atoms with Gasteiger partial charge in [-0.25, -0.2) is 23.0 Å². The van der Waals surface area contributed by atoms with Crippen LogP contribution in [0.25, 0.3) is 0 Å². The molecule has 96 valence electrons. The predicted molar refractivity (Wildman–Crippen MR) is 54.5 cm³/mol. The molecule has 0 aromatic heterocycles. The Morgan fingerprint density at radius 3 is 2.56 bits per heavy atom. The molecule has 0 aliphatic rings. The lowest BCUT2D eigenvalue weighted by molar-refractivity contribution is -0.122. The van der Waals surface area contributed by atoms with Gasteiger partial charge in [-0.05, 0) is 12.1 Å². The second-order valence-electron chi connectivity index (χ2n) is 3.03. The lowest BCUT2D eigenvalue weighted by Gasteiger charge is -1.99. The lowest BCUT2D eigenvalue weighted by atomic mass is 10.2. The monoisotopic (exact) mass is 260 g/mol. The fraction of sp³-hybridized carbons (Fsp3) is 0.100. The number of hydrogen-bond donors (Lipinski definition) is 2. The molecule has 1 aromatic rings. The van der Waals surface area contributed by atoms with Crippen LogP contribution >= 0.6 is 0 Å². The summed E-state index contributed by atoms with van der Waals surface area (Å²) < 4.78 is 38.4. The van der Waals surface area contributed by atoms with Crippen LogP contribution in [0.1, 0.15) is 5.56 Å². The van der Waals surface area contributed by atoms with E-state index < -0.39 is 41.6 Å². The van der Waals surface area contributed by atoms with E-state index in [0.29, 0.717) is 12.3 Å². The molecule has 0 fully saturated rings. The quantitative estimate of drug-likeness (QED) is 0.608. The average molecular weight is 260 g/mol. The molecule has 0 heterocycles. The summed E-state index contributed by atoms with van der Waals surface area (Å²) in [4.78, 5) is 24.6. The van der Waals surface area contributed by atoms with Gasteiger partial charge < -0.3 is 5.11 Å². The third kappa shape index (κ3) is 3.39. The van der Waals surface area contributed by atoms with E-state index in [9.17, 15) is 22.8 Å². The first kappa shape index (κ1) is 13.8. The zero-order chi connectivity index (χ0) is 13.7. The Kier molecular flexibility index (Phi) is 4.55. The van der Waals surface area contributed by atoms with Gasteiger partial charge in [0.15, 0.2) is 17.5 Å². The van der Waals surface area contributed by atoms with Crippen molar-refractivity contribution >= 4 is 18.2 Å². The number of carbonyl (C=O) groups excluding carboxylic acids is 2. The molecule has 18 heavy (non-hydrogen) atoms. The van der Waals surface area contributed by atoms with Crippen molar-refractivity contribution in [3.8, 4) is 0 Å². The summed E-state index contributed by atoms with van der Waals surface area (Å²) in [5, 5.41) is 9.94. The van der Waals surface area contributed by atoms with E-state index >= 15 is 0 Å². The minimum atomic E-state index is -1.69. The largest absolute Gasteiger partial charge is 0.387 e. The molecule has 2 N–H and O–H groups in total. The van der Waals surface area contributed by atoms with Crippen LogP contribution in [0, 0.1) is 17.5 Å². The number of halogens is 3. The molecule has 0 aliphatic carbocycles. The third-order valence-corrected chi connectivity index (χ3v) is 1.78. The zero-order valence-corrected chi connectivity index (χ0v) is 8.78. The molecular formula is C10H7F3N2O3. The van der Waals surface area contributed by atoms with Crippen LogP contribution in [0.15, 0.2) is 17.1 Å². The van der Waals surface area contributed by atoms with Gasteiger partial charge in [0.2, 0.25) is 0 Å². The summed E-state index contributed by atoms with van der Waals surface area (Å²) in [6.07, 6.45) is 0.623. The molecule has 0 unspecified atom stereocenters. The second-order valence-corrected chi connectivity index (χ2v) is 3.03. The van der Waals surface area contributed by atoms with Crippen molar-refractivity contribution in [2.24, 2.45) is 4.99 Å². The standard InChI is InChI=1S/C10H7F3N2O3/c11-6-2-1-5(8(12)9(6)13)3-14-10(18)15-7(17)4-16/h1-3,16H,4H2,(H,15,17,18). The second kappa shape index (κ2) is 5.92. The van der Waals surface area contributed by atoms with Crippen molar-refractivity contribution in [2.75, 3.05) is 6.61 Å². The van der Waals surface area contributed by atoms with Gasteiger partial charge in [0.1, 0.15) is 6.61 Å². The number of amides is 3. The molecule has 0 aliphatic heterocycles. The van der Waals surface area contributed by atoms with Crippen molar-refractivity contribution in [1.82, 2.24) is 5.32 Å². The first-order valence-electron chi connectivity index (χ1n) is 4.58. The van der Waals surface area contributed by atoms with Crippen molar-refractivity contribution < 1.29 is 27.9 Å². The Hall–Kier alpha value is -2.22. The van der Waals surface area contributed by atoms with E-state index in [2.05, 4.69) is 4.99 Å². The Morgan fingerprint density at radius 2 is 1.94 bits per heavy atom. The maximum atomic E-state index is 13.1. The number of imide groups is 1. The van der Waals surface area contributed by atoms with Crippen molar-refractivity contribution in [1.29, 1.82) is 0 Å². The van der Waals surface area contributed by atoms with Crippen molar-refractivity contribution in [3.63, 3.8) is 0 Å². The van der Waals surface area contributed by atoms with E-state index in [-0.39, 0.29) is 0 Å². The third-order valence-electron chi connectivity index (χ3n) is 1.78. The summed E-state index contributed by atoms with van der Waals surface area (Å²) in [5.74, 6) is -5.56. The smallest absolute Gasteiger partial charge is 0.347 e. The molecule has 1 rings (SSSR count). The molecule has 5 nitrogen and oxygen atoms in total. The number of aliphatic imine (C=N–C) groups is 1. The van der Waals surface area contributed by atoms with Crippen LogP contribution < -0.4 is 5.32 Å². The Labute approximate surface area is 99.0 Å². The minimum Gasteiger partial charge on any atom is -0.387 e. The fourth-order valence-corrected chi connectivity index (χ4v) is 0.960. The summed E-state index contributed by atoms with van der Waals surface area (Å²) in [6.45, 7) is -0.916. The van der Waals surface area contributed by atoms with E-state index in [1.807, 2.05) is 0 Å². The minimum absolute atomic E-state index is 0.458. The highest BCUT2D eigenvalue weighted by molar-refractivity contribution is 5.99. The fourth-order valence-electron chi connectivity index (χ4n) is 0.960. The van der Waals surface area contributed by atoms with Crippen LogP contribution in [-0.4, -0.2) is 29.9 Å². The van der Waals surface area contributed by atoms with E-state index in [4.69, 9.17) is 5.11 Å². The van der Waals surface area contributed by atoms with Gasteiger partial charge >= 0.3 is 6.03 Å². The van der Waals surface area contributed by atoms with Gasteiger partial charge in [-0.15, -0.1) is 0 Å². The Balaban J connectivity index is 2.82. The van der Waals surface area contributed by atoms with Crippen molar-refractivity contribution in [2.45, 2.75) is 0 Å². The van der Waals surface area contributed by atoms with E-state index in [1.165, 1.54) is 0 Å². The summed E-state index contributed by atoms with van der Waals surface area (Å²) in [7, 11) is 0. The maximum absolute atomic E-state index is 13.1. The summed E-state index contributed by atoms with van der Waals surface area (Å²) >= 11 is 0. The number of aliphatic hydroxyl groups excluding tert-OH is 1. The normalized spacial score (nSPS) is 10.7. The van der Waals surface area contributed by atoms with Gasteiger partial charge in [0, 0.05) is 11.8 Å². The molecule has 0 atom stereocenters. The molecule has 0 spiro atoms. The molecular weight excluding hydrogens is 253 g/mol. The number of benzene rings is 1. The highest BCUT2D eigenvalue weighted by Gasteiger charge is 2.12. The molecule has 0 bridgehead atoms. The van der Waals surface area contributed by atoms with Crippen LogP contribution in [0.4, 0.5) is 18.0 Å². The Morgan fingerprint density at radius 1 is 1.28 bits per heavy atom. The Bertz CT molecular complexity index is 517. The average Bonchev–Trinajstić information content (AvgIpc) is 2.35. The van der Waals surface area contributed by atoms with E-state index in [1.54, 1.807) is 5.32 Å². The number of rotatable bonds is 2. The lowest BCUT2D eigenvalue weighted by Crippen LogP contribution is -2.30. The van der Waals surface area contributed by atoms with Crippen LogP contribution in [0.3, 0.4) is 0 Å². The first-order chi connectivity index (χ1) is 8.45. The SMILES string of the molecule is O=C(CO)NC(=O)N=Cc1ccc(F)c(F)c1F. The van der Waals surface area contributed by atoms with Crippen LogP contribution in [0.2, 0.25) is 0 Å². The highest BCUT2D eigenvalue weighted by Crippen LogP contribution is 2.13. The summed E-state index contributed by atoms with van der Waals surface area (Å²) in [5.41, 5.74) is -0.458. The molecule has 1 aromatic carbocycles. The highest BCUT2D eigenvalue weighted by atomic mass is 19.2. The molecule has 8 heteroatoms. The van der Waals surface area contributed by atoms with Crippen molar-refractivity contribution in [3.05, 3.63) is 35.1 Å². The van der Waals surface area contributed by atoms with Gasteiger partial charge in [0.05, 0.1) is 0 Å². The zero-order valence-electron chi connectivity index (χ0n) is 8.78.